The summed E-state index contributed by atoms with van der Waals surface area (Å²) in [6.45, 7) is 6.00. The second-order valence-corrected chi connectivity index (χ2v) is 6.46. The summed E-state index contributed by atoms with van der Waals surface area (Å²) < 4.78 is 30.8. The maximum Gasteiger partial charge on any atom is 0.317 e. The molecule has 0 spiro atoms. The summed E-state index contributed by atoms with van der Waals surface area (Å²) in [7, 11) is -5.80. The molecule has 2 atom stereocenters. The number of hydrogen-bond acceptors (Lipinski definition) is 8. The van der Waals surface area contributed by atoms with Gasteiger partial charge in [0.2, 0.25) is 0 Å². The molecule has 0 radical (unpaired) electrons. The first-order valence-electron chi connectivity index (χ1n) is 7.15. The van der Waals surface area contributed by atoms with E-state index in [1.165, 1.54) is 0 Å². The first-order chi connectivity index (χ1) is 10.6. The molecule has 1 saturated heterocycles. The van der Waals surface area contributed by atoms with Gasteiger partial charge in [-0.15, -0.1) is 0 Å². The second-order valence-electron chi connectivity index (χ2n) is 4.81. The van der Waals surface area contributed by atoms with E-state index in [9.17, 15) is 9.13 Å². The van der Waals surface area contributed by atoms with Crippen molar-refractivity contribution >= 4 is 16.5 Å². The third-order valence-electron chi connectivity index (χ3n) is 3.16. The molecule has 10 nitrogen and oxygen atoms in total. The van der Waals surface area contributed by atoms with E-state index in [0.717, 1.165) is 26.2 Å². The van der Waals surface area contributed by atoms with Gasteiger partial charge in [0.1, 0.15) is 13.5 Å². The first kappa shape index (κ1) is 20.2. The molecule has 0 aromatic carbocycles. The van der Waals surface area contributed by atoms with Crippen LogP contribution in [0.25, 0.3) is 0 Å². The lowest BCUT2D eigenvalue weighted by Gasteiger charge is -2.25. The molecule has 0 amide bonds. The molecule has 1 heterocycles. The number of nitrogens with one attached hydrogen (secondary N) is 2. The maximum atomic E-state index is 10.6. The second kappa shape index (κ2) is 12.5. The van der Waals surface area contributed by atoms with E-state index in [1.807, 2.05) is 9.80 Å². The Hall–Kier alpha value is 0.140. The Labute approximate surface area is 131 Å². The minimum absolute atomic E-state index is 0.141. The van der Waals surface area contributed by atoms with E-state index >= 15 is 0 Å². The fraction of sp³-hybridized carbons (Fsp3) is 1.00. The van der Waals surface area contributed by atoms with Gasteiger partial charge in [-0.1, -0.05) is 0 Å². The van der Waals surface area contributed by atoms with E-state index in [2.05, 4.69) is 10.6 Å². The molecule has 1 rings (SSSR count). The van der Waals surface area contributed by atoms with Gasteiger partial charge in [0.05, 0.1) is 0 Å². The highest BCUT2D eigenvalue weighted by Crippen LogP contribution is 2.15. The lowest BCUT2D eigenvalue weighted by molar-refractivity contribution is 0.109. The van der Waals surface area contributed by atoms with E-state index in [4.69, 9.17) is 18.8 Å². The summed E-state index contributed by atoms with van der Waals surface area (Å²) in [6, 6.07) is 0. The molecule has 1 aliphatic rings. The molecule has 1 fully saturated rings. The smallest absolute Gasteiger partial charge is 0.317 e. The standard InChI is InChI=1S/C10H26N4O6P2/c15-21(16)19-9-13-5-1-11-2-6-14(10-20-22(17)18)8-4-12-3-7-13/h11-12,21-22H,1-10H2,(H,15,16)(H,17,18). The highest BCUT2D eigenvalue weighted by molar-refractivity contribution is 7.32. The largest absolute Gasteiger partial charge is 0.326 e. The first-order valence-corrected chi connectivity index (χ1v) is 9.68. The molecule has 0 saturated carbocycles. The normalized spacial score (nSPS) is 23.4. The lowest BCUT2D eigenvalue weighted by Crippen LogP contribution is -2.43. The van der Waals surface area contributed by atoms with E-state index in [0.29, 0.717) is 26.2 Å². The van der Waals surface area contributed by atoms with Gasteiger partial charge in [-0.3, -0.25) is 28.0 Å². The summed E-state index contributed by atoms with van der Waals surface area (Å²) in [6.07, 6.45) is 0. The quantitative estimate of drug-likeness (QED) is 0.416. The topological polar surface area (TPSA) is 124 Å². The Bertz CT molecular complexity index is 307. The predicted octanol–water partition coefficient (Wildman–Crippen LogP) is -1.50. The monoisotopic (exact) mass is 360 g/mol. The Morgan fingerprint density at radius 2 is 1.09 bits per heavy atom. The van der Waals surface area contributed by atoms with Crippen molar-refractivity contribution in [3.63, 3.8) is 0 Å². The van der Waals surface area contributed by atoms with Gasteiger partial charge in [0.15, 0.2) is 0 Å². The van der Waals surface area contributed by atoms with Crippen molar-refractivity contribution in [2.75, 3.05) is 65.8 Å². The van der Waals surface area contributed by atoms with Crippen LogP contribution in [0.15, 0.2) is 0 Å². The molecular formula is C10H26N4O6P2. The number of hydrogen-bond donors (Lipinski definition) is 4. The van der Waals surface area contributed by atoms with Gasteiger partial charge in [-0.25, -0.2) is 0 Å². The molecule has 0 bridgehead atoms. The molecule has 1 aliphatic heterocycles. The van der Waals surface area contributed by atoms with Crippen molar-refractivity contribution in [1.29, 1.82) is 0 Å². The van der Waals surface area contributed by atoms with E-state index in [1.54, 1.807) is 0 Å². The number of rotatable bonds is 6. The number of nitrogens with zero attached hydrogens (tertiary/aromatic N) is 2. The minimum atomic E-state index is -2.90. The minimum Gasteiger partial charge on any atom is -0.326 e. The average Bonchev–Trinajstić information content (AvgIpc) is 2.45. The molecular weight excluding hydrogens is 334 g/mol. The highest BCUT2D eigenvalue weighted by Gasteiger charge is 2.10. The van der Waals surface area contributed by atoms with Gasteiger partial charge < -0.3 is 20.4 Å². The SMILES string of the molecule is O=[PH](O)OCN1CCNCCN(CO[PH](=O)O)CCNCC1. The van der Waals surface area contributed by atoms with Crippen molar-refractivity contribution in [2.45, 2.75) is 0 Å². The van der Waals surface area contributed by atoms with Crippen molar-refractivity contribution in [2.24, 2.45) is 0 Å². The van der Waals surface area contributed by atoms with Crippen LogP contribution in [0.5, 0.6) is 0 Å². The molecule has 12 heteroatoms. The third-order valence-corrected chi connectivity index (χ3v) is 3.91. The summed E-state index contributed by atoms with van der Waals surface area (Å²) in [5.41, 5.74) is 0. The van der Waals surface area contributed by atoms with Crippen molar-refractivity contribution in [1.82, 2.24) is 20.4 Å². The lowest BCUT2D eigenvalue weighted by atomic mass is 10.4. The van der Waals surface area contributed by atoms with Crippen LogP contribution >= 0.6 is 16.5 Å². The van der Waals surface area contributed by atoms with Gasteiger partial charge in [-0.05, 0) is 0 Å². The van der Waals surface area contributed by atoms with Crippen LogP contribution in [0.1, 0.15) is 0 Å². The average molecular weight is 360 g/mol. The van der Waals surface area contributed by atoms with Crippen molar-refractivity contribution in [3.05, 3.63) is 0 Å². The molecule has 0 aromatic heterocycles. The van der Waals surface area contributed by atoms with Crippen LogP contribution in [-0.2, 0) is 18.2 Å². The molecule has 0 aliphatic carbocycles. The zero-order valence-corrected chi connectivity index (χ0v) is 14.5. The van der Waals surface area contributed by atoms with E-state index in [-0.39, 0.29) is 13.5 Å². The van der Waals surface area contributed by atoms with Crippen molar-refractivity contribution in [3.8, 4) is 0 Å². The fourth-order valence-electron chi connectivity index (χ4n) is 1.97. The zero-order valence-electron chi connectivity index (χ0n) is 12.5. The summed E-state index contributed by atoms with van der Waals surface area (Å²) in [5, 5.41) is 6.52. The molecule has 22 heavy (non-hydrogen) atoms. The molecule has 4 N–H and O–H groups in total. The third kappa shape index (κ3) is 10.8. The van der Waals surface area contributed by atoms with Gasteiger partial charge >= 0.3 is 16.5 Å². The van der Waals surface area contributed by atoms with Crippen LogP contribution in [0.3, 0.4) is 0 Å². The van der Waals surface area contributed by atoms with Crippen molar-refractivity contribution < 1.29 is 28.0 Å². The van der Waals surface area contributed by atoms with Gasteiger partial charge in [0.25, 0.3) is 0 Å². The fourth-order valence-corrected chi connectivity index (χ4v) is 2.56. The maximum absolute atomic E-state index is 10.6. The Kier molecular flexibility index (Phi) is 11.5. The van der Waals surface area contributed by atoms with Crippen LogP contribution in [0.2, 0.25) is 0 Å². The Morgan fingerprint density at radius 1 is 0.773 bits per heavy atom. The summed E-state index contributed by atoms with van der Waals surface area (Å²) in [5.74, 6) is 0. The van der Waals surface area contributed by atoms with Gasteiger partial charge in [0, 0.05) is 52.4 Å². The van der Waals surface area contributed by atoms with Crippen LogP contribution < -0.4 is 10.6 Å². The summed E-state index contributed by atoms with van der Waals surface area (Å²) >= 11 is 0. The Morgan fingerprint density at radius 3 is 1.36 bits per heavy atom. The molecule has 132 valence electrons. The molecule has 0 aromatic rings. The van der Waals surface area contributed by atoms with Crippen LogP contribution in [-0.4, -0.2) is 85.4 Å². The predicted molar refractivity (Wildman–Crippen MR) is 83.2 cm³/mol. The highest BCUT2D eigenvalue weighted by atomic mass is 31.1. The Balaban J connectivity index is 2.32. The van der Waals surface area contributed by atoms with E-state index < -0.39 is 16.5 Å². The zero-order chi connectivity index (χ0) is 16.2. The van der Waals surface area contributed by atoms with Gasteiger partial charge in [-0.2, -0.15) is 0 Å². The molecule has 2 unspecified atom stereocenters. The van der Waals surface area contributed by atoms with Crippen LogP contribution in [0.4, 0.5) is 0 Å². The van der Waals surface area contributed by atoms with Crippen LogP contribution in [0, 0.1) is 0 Å². The summed E-state index contributed by atoms with van der Waals surface area (Å²) in [4.78, 5) is 21.4.